The molecule has 1 atom stereocenters. The maximum atomic E-state index is 10.2. The third-order valence-electron chi connectivity index (χ3n) is 3.50. The number of rotatable bonds is 2. The van der Waals surface area contributed by atoms with Crippen LogP contribution < -0.4 is 5.32 Å². The van der Waals surface area contributed by atoms with E-state index in [2.05, 4.69) is 22.4 Å². The summed E-state index contributed by atoms with van der Waals surface area (Å²) < 4.78 is 5.17. The Morgan fingerprint density at radius 1 is 1.40 bits per heavy atom. The number of aromatic nitrogens is 2. The largest absolute Gasteiger partial charge is 0.379 e. The Hall–Kier alpha value is -0.940. The van der Waals surface area contributed by atoms with Crippen molar-refractivity contribution in [3.63, 3.8) is 0 Å². The maximum absolute atomic E-state index is 10.2. The quantitative estimate of drug-likeness (QED) is 0.733. The third-order valence-corrected chi connectivity index (χ3v) is 3.50. The Morgan fingerprint density at radius 2 is 2.20 bits per heavy atom. The van der Waals surface area contributed by atoms with Gasteiger partial charge in [0.2, 0.25) is 0 Å². The number of nitrogens with one attached hydrogen (secondary N) is 1. The van der Waals surface area contributed by atoms with Crippen LogP contribution in [0.3, 0.4) is 0 Å². The molecule has 5 nitrogen and oxygen atoms in total. The van der Waals surface area contributed by atoms with Gasteiger partial charge in [-0.2, -0.15) is 4.98 Å². The fourth-order valence-electron chi connectivity index (χ4n) is 1.93. The number of aliphatic hydroxyl groups is 1. The summed E-state index contributed by atoms with van der Waals surface area (Å²) in [6.45, 7) is 3.43. The fourth-order valence-corrected chi connectivity index (χ4v) is 1.93. The van der Waals surface area contributed by atoms with Gasteiger partial charge in [-0.3, -0.25) is 0 Å². The van der Waals surface area contributed by atoms with Gasteiger partial charge in [-0.1, -0.05) is 12.1 Å². The summed E-state index contributed by atoms with van der Waals surface area (Å²) in [6.07, 6.45) is 2.87. The van der Waals surface area contributed by atoms with E-state index in [9.17, 15) is 5.11 Å². The van der Waals surface area contributed by atoms with E-state index < -0.39 is 5.60 Å². The van der Waals surface area contributed by atoms with Gasteiger partial charge >= 0.3 is 0 Å². The number of hydrogen-bond donors (Lipinski definition) is 2. The summed E-state index contributed by atoms with van der Waals surface area (Å²) in [4.78, 5) is 4.33. The second kappa shape index (κ2) is 2.80. The number of β-amino-alcohol motifs (C(OH)–C–C–N with tert-alkyl or cyclic N) is 1. The predicted molar refractivity (Wildman–Crippen MR) is 52.3 cm³/mol. The smallest absolute Gasteiger partial charge is 0.260 e. The van der Waals surface area contributed by atoms with Gasteiger partial charge in [0.15, 0.2) is 11.4 Å². The standard InChI is InChI=1S/C10H15N3O2/c1-9(2-3-9)7-12-8(15-13-7)10(14)4-5-11-6-10/h11,14H,2-6H2,1H3. The van der Waals surface area contributed by atoms with Gasteiger partial charge in [0.25, 0.3) is 5.89 Å². The van der Waals surface area contributed by atoms with Gasteiger partial charge in [-0.05, 0) is 25.8 Å². The molecule has 5 heteroatoms. The lowest BCUT2D eigenvalue weighted by Gasteiger charge is -2.14. The Morgan fingerprint density at radius 3 is 2.80 bits per heavy atom. The summed E-state index contributed by atoms with van der Waals surface area (Å²) in [5.74, 6) is 1.12. The van der Waals surface area contributed by atoms with Crippen LogP contribution in [0.5, 0.6) is 0 Å². The Bertz CT molecular complexity index is 378. The van der Waals surface area contributed by atoms with E-state index in [0.29, 0.717) is 18.9 Å². The van der Waals surface area contributed by atoms with Crippen LogP contribution in [0.2, 0.25) is 0 Å². The molecule has 0 radical (unpaired) electrons. The second-order valence-corrected chi connectivity index (χ2v) is 4.94. The molecular formula is C10H15N3O2. The van der Waals surface area contributed by atoms with Crippen LogP contribution >= 0.6 is 0 Å². The SMILES string of the molecule is CC1(c2noc(C3(O)CCNC3)n2)CC1. The molecule has 0 bridgehead atoms. The highest BCUT2D eigenvalue weighted by atomic mass is 16.5. The minimum absolute atomic E-state index is 0.101. The summed E-state index contributed by atoms with van der Waals surface area (Å²) >= 11 is 0. The van der Waals surface area contributed by atoms with Crippen molar-refractivity contribution >= 4 is 0 Å². The van der Waals surface area contributed by atoms with E-state index in [-0.39, 0.29) is 5.41 Å². The topological polar surface area (TPSA) is 71.2 Å². The van der Waals surface area contributed by atoms with Crippen molar-refractivity contribution < 1.29 is 9.63 Å². The van der Waals surface area contributed by atoms with Crippen LogP contribution in [0.1, 0.15) is 37.9 Å². The molecule has 1 saturated heterocycles. The van der Waals surface area contributed by atoms with Crippen LogP contribution in [-0.4, -0.2) is 28.3 Å². The van der Waals surface area contributed by atoms with Crippen LogP contribution in [0.4, 0.5) is 0 Å². The summed E-state index contributed by atoms with van der Waals surface area (Å²) in [7, 11) is 0. The molecule has 1 aliphatic heterocycles. The molecule has 1 unspecified atom stereocenters. The number of nitrogens with zero attached hydrogens (tertiary/aromatic N) is 2. The summed E-state index contributed by atoms with van der Waals surface area (Å²) in [5, 5.41) is 17.3. The zero-order valence-electron chi connectivity index (χ0n) is 8.79. The van der Waals surface area contributed by atoms with Crippen molar-refractivity contribution in [1.29, 1.82) is 0 Å². The third kappa shape index (κ3) is 1.38. The minimum Gasteiger partial charge on any atom is -0.379 e. The molecule has 2 aliphatic rings. The summed E-state index contributed by atoms with van der Waals surface area (Å²) in [6, 6.07) is 0. The molecule has 1 aromatic rings. The van der Waals surface area contributed by atoms with E-state index in [4.69, 9.17) is 4.52 Å². The molecule has 0 aromatic carbocycles. The van der Waals surface area contributed by atoms with Crippen LogP contribution in [0.15, 0.2) is 4.52 Å². The average Bonchev–Trinajstić information content (AvgIpc) is 2.74. The monoisotopic (exact) mass is 209 g/mol. The van der Waals surface area contributed by atoms with E-state index in [0.717, 1.165) is 25.2 Å². The fraction of sp³-hybridized carbons (Fsp3) is 0.800. The maximum Gasteiger partial charge on any atom is 0.260 e. The second-order valence-electron chi connectivity index (χ2n) is 4.94. The van der Waals surface area contributed by atoms with Crippen molar-refractivity contribution in [2.75, 3.05) is 13.1 Å². The van der Waals surface area contributed by atoms with E-state index in [1.807, 2.05) is 0 Å². The Balaban J connectivity index is 1.90. The first kappa shape index (κ1) is 9.30. The molecule has 0 spiro atoms. The van der Waals surface area contributed by atoms with Crippen LogP contribution in [-0.2, 0) is 11.0 Å². The molecule has 2 N–H and O–H groups in total. The van der Waals surface area contributed by atoms with Gasteiger partial charge < -0.3 is 14.9 Å². The van der Waals surface area contributed by atoms with Gasteiger partial charge in [0.1, 0.15) is 0 Å². The first-order valence-corrected chi connectivity index (χ1v) is 5.40. The van der Waals surface area contributed by atoms with E-state index in [1.54, 1.807) is 0 Å². The highest BCUT2D eigenvalue weighted by Crippen LogP contribution is 2.46. The highest BCUT2D eigenvalue weighted by Gasteiger charge is 2.46. The first-order valence-electron chi connectivity index (χ1n) is 5.40. The van der Waals surface area contributed by atoms with E-state index in [1.165, 1.54) is 0 Å². The molecule has 2 heterocycles. The summed E-state index contributed by atoms with van der Waals surface area (Å²) in [5.41, 5.74) is -0.847. The molecule has 3 rings (SSSR count). The van der Waals surface area contributed by atoms with Gasteiger partial charge in [0, 0.05) is 12.0 Å². The lowest BCUT2D eigenvalue weighted by Crippen LogP contribution is -2.28. The lowest BCUT2D eigenvalue weighted by molar-refractivity contribution is 0.0243. The minimum atomic E-state index is -0.948. The number of hydrogen-bond acceptors (Lipinski definition) is 5. The molecule has 15 heavy (non-hydrogen) atoms. The first-order chi connectivity index (χ1) is 7.12. The normalized spacial score (nSPS) is 33.2. The zero-order valence-corrected chi connectivity index (χ0v) is 8.79. The van der Waals surface area contributed by atoms with Crippen molar-refractivity contribution in [2.45, 2.75) is 37.2 Å². The molecule has 82 valence electrons. The van der Waals surface area contributed by atoms with Crippen molar-refractivity contribution in [3.8, 4) is 0 Å². The molecule has 0 amide bonds. The zero-order chi connectivity index (χ0) is 10.5. The average molecular weight is 209 g/mol. The highest BCUT2D eigenvalue weighted by molar-refractivity contribution is 5.16. The van der Waals surface area contributed by atoms with E-state index >= 15 is 0 Å². The van der Waals surface area contributed by atoms with Crippen LogP contribution in [0, 0.1) is 0 Å². The molecular weight excluding hydrogens is 194 g/mol. The molecule has 1 aliphatic carbocycles. The Labute approximate surface area is 87.9 Å². The van der Waals surface area contributed by atoms with Crippen molar-refractivity contribution in [3.05, 3.63) is 11.7 Å². The molecule has 1 aromatic heterocycles. The molecule has 2 fully saturated rings. The van der Waals surface area contributed by atoms with Crippen molar-refractivity contribution in [1.82, 2.24) is 15.5 Å². The molecule has 1 saturated carbocycles. The van der Waals surface area contributed by atoms with Gasteiger partial charge in [-0.25, -0.2) is 0 Å². The van der Waals surface area contributed by atoms with Gasteiger partial charge in [-0.15, -0.1) is 0 Å². The van der Waals surface area contributed by atoms with Gasteiger partial charge in [0.05, 0.1) is 0 Å². The van der Waals surface area contributed by atoms with Crippen molar-refractivity contribution in [2.24, 2.45) is 0 Å². The van der Waals surface area contributed by atoms with Crippen LogP contribution in [0.25, 0.3) is 0 Å². The Kier molecular flexibility index (Phi) is 1.73. The lowest BCUT2D eigenvalue weighted by atomic mass is 10.0. The predicted octanol–water partition coefficient (Wildman–Crippen LogP) is 0.302.